The highest BCUT2D eigenvalue weighted by molar-refractivity contribution is 7.71. The number of para-hydroxylation sites is 1. The lowest BCUT2D eigenvalue weighted by Crippen LogP contribution is -2.46. The normalized spacial score (nSPS) is 14.9. The van der Waals surface area contributed by atoms with Crippen molar-refractivity contribution in [1.82, 2.24) is 25.1 Å². The number of amides is 1. The fraction of sp³-hybridized carbons (Fsp3) is 0.400. The van der Waals surface area contributed by atoms with E-state index >= 15 is 0 Å². The van der Waals surface area contributed by atoms with Gasteiger partial charge in [0, 0.05) is 50.2 Å². The topological polar surface area (TPSA) is 76.3 Å². The Balaban J connectivity index is 1.23. The first kappa shape index (κ1) is 23.4. The summed E-state index contributed by atoms with van der Waals surface area (Å²) < 4.78 is 0.450. The van der Waals surface area contributed by atoms with Crippen molar-refractivity contribution in [1.29, 1.82) is 0 Å². The van der Waals surface area contributed by atoms with Crippen LogP contribution < -0.4 is 10.6 Å². The zero-order chi connectivity index (χ0) is 23.0. The molecule has 0 spiro atoms. The van der Waals surface area contributed by atoms with E-state index in [-0.39, 0.29) is 5.91 Å². The molecule has 1 aromatic heterocycles. The SMILES string of the molecule is CCN1CCN(CCCNC(=O)c2ccc(CNc3nc(=S)[nH]c4ccccc34)cc2)CC1. The maximum atomic E-state index is 12.5. The molecule has 0 saturated carbocycles. The number of aromatic amines is 1. The van der Waals surface area contributed by atoms with Crippen LogP contribution in [0.1, 0.15) is 29.3 Å². The Bertz CT molecular complexity index is 1120. The first-order valence-corrected chi connectivity index (χ1v) is 12.1. The van der Waals surface area contributed by atoms with E-state index in [0.29, 0.717) is 23.4 Å². The van der Waals surface area contributed by atoms with Crippen molar-refractivity contribution in [2.75, 3.05) is 51.1 Å². The lowest BCUT2D eigenvalue weighted by Gasteiger charge is -2.33. The maximum absolute atomic E-state index is 12.5. The fourth-order valence-electron chi connectivity index (χ4n) is 4.13. The number of nitrogens with zero attached hydrogens (tertiary/aromatic N) is 3. The van der Waals surface area contributed by atoms with Gasteiger partial charge in [0.15, 0.2) is 4.77 Å². The molecule has 1 fully saturated rings. The Labute approximate surface area is 200 Å². The van der Waals surface area contributed by atoms with E-state index < -0.39 is 0 Å². The van der Waals surface area contributed by atoms with E-state index in [2.05, 4.69) is 37.3 Å². The van der Waals surface area contributed by atoms with Gasteiger partial charge in [0.2, 0.25) is 0 Å². The summed E-state index contributed by atoms with van der Waals surface area (Å²) in [4.78, 5) is 25.0. The van der Waals surface area contributed by atoms with Crippen molar-refractivity contribution in [3.63, 3.8) is 0 Å². The quantitative estimate of drug-likeness (QED) is 0.331. The van der Waals surface area contributed by atoms with Crippen molar-refractivity contribution in [3.8, 4) is 0 Å². The number of piperazine rings is 1. The molecular weight excluding hydrogens is 432 g/mol. The molecule has 0 aliphatic carbocycles. The summed E-state index contributed by atoms with van der Waals surface area (Å²) in [7, 11) is 0. The number of anilines is 1. The molecule has 3 N–H and O–H groups in total. The third kappa shape index (κ3) is 6.37. The predicted octanol–water partition coefficient (Wildman–Crippen LogP) is 3.66. The zero-order valence-corrected chi connectivity index (χ0v) is 20.0. The van der Waals surface area contributed by atoms with Crippen LogP contribution in [-0.2, 0) is 6.54 Å². The van der Waals surface area contributed by atoms with Gasteiger partial charge in [0.25, 0.3) is 5.91 Å². The Kier molecular flexibility index (Phi) is 8.04. The number of nitrogens with one attached hydrogen (secondary N) is 3. The highest BCUT2D eigenvalue weighted by Crippen LogP contribution is 2.19. The third-order valence-electron chi connectivity index (χ3n) is 6.16. The van der Waals surface area contributed by atoms with Crippen LogP contribution in [0.3, 0.4) is 0 Å². The predicted molar refractivity (Wildman–Crippen MR) is 136 cm³/mol. The van der Waals surface area contributed by atoms with Gasteiger partial charge in [-0.15, -0.1) is 0 Å². The van der Waals surface area contributed by atoms with Crippen LogP contribution in [0.15, 0.2) is 48.5 Å². The van der Waals surface area contributed by atoms with Gasteiger partial charge in [0.05, 0.1) is 5.52 Å². The number of benzene rings is 2. The minimum absolute atomic E-state index is 0.0210. The van der Waals surface area contributed by atoms with Crippen LogP contribution in [0.2, 0.25) is 0 Å². The average molecular weight is 465 g/mol. The summed E-state index contributed by atoms with van der Waals surface area (Å²) in [5, 5.41) is 7.41. The van der Waals surface area contributed by atoms with Crippen molar-refractivity contribution in [2.24, 2.45) is 0 Å². The largest absolute Gasteiger partial charge is 0.365 e. The Morgan fingerprint density at radius 1 is 1.06 bits per heavy atom. The highest BCUT2D eigenvalue weighted by Gasteiger charge is 2.14. The molecule has 1 saturated heterocycles. The number of hydrogen-bond acceptors (Lipinski definition) is 6. The minimum atomic E-state index is -0.0210. The Hall–Kier alpha value is -2.81. The van der Waals surface area contributed by atoms with E-state index in [1.807, 2.05) is 48.5 Å². The molecule has 0 radical (unpaired) electrons. The van der Waals surface area contributed by atoms with Crippen molar-refractivity contribution in [3.05, 3.63) is 64.4 Å². The number of H-pyrrole nitrogens is 1. The minimum Gasteiger partial charge on any atom is -0.365 e. The molecule has 7 nitrogen and oxygen atoms in total. The van der Waals surface area contributed by atoms with Crippen LogP contribution >= 0.6 is 12.2 Å². The first-order valence-electron chi connectivity index (χ1n) is 11.7. The van der Waals surface area contributed by atoms with E-state index in [1.165, 1.54) is 0 Å². The average Bonchev–Trinajstić information content (AvgIpc) is 2.85. The van der Waals surface area contributed by atoms with Crippen LogP contribution in [0.5, 0.6) is 0 Å². The molecule has 174 valence electrons. The van der Waals surface area contributed by atoms with Crippen molar-refractivity contribution in [2.45, 2.75) is 19.9 Å². The summed E-state index contributed by atoms with van der Waals surface area (Å²) in [6.07, 6.45) is 0.972. The monoisotopic (exact) mass is 464 g/mol. The summed E-state index contributed by atoms with van der Waals surface area (Å²) in [5.41, 5.74) is 2.71. The third-order valence-corrected chi connectivity index (χ3v) is 6.36. The van der Waals surface area contributed by atoms with Crippen LogP contribution in [0.25, 0.3) is 10.9 Å². The number of fused-ring (bicyclic) bond motifs is 1. The van der Waals surface area contributed by atoms with E-state index in [9.17, 15) is 4.79 Å². The first-order chi connectivity index (χ1) is 16.1. The molecule has 0 unspecified atom stereocenters. The summed E-state index contributed by atoms with van der Waals surface area (Å²) in [5.74, 6) is 0.736. The van der Waals surface area contributed by atoms with Gasteiger partial charge in [0.1, 0.15) is 5.82 Å². The van der Waals surface area contributed by atoms with Gasteiger partial charge in [-0.1, -0.05) is 31.2 Å². The molecule has 3 aromatic rings. The van der Waals surface area contributed by atoms with Gasteiger partial charge in [-0.3, -0.25) is 4.79 Å². The fourth-order valence-corrected chi connectivity index (χ4v) is 4.34. The van der Waals surface area contributed by atoms with Gasteiger partial charge in [-0.2, -0.15) is 0 Å². The molecule has 4 rings (SSSR count). The molecule has 33 heavy (non-hydrogen) atoms. The smallest absolute Gasteiger partial charge is 0.251 e. The molecule has 1 aliphatic rings. The van der Waals surface area contributed by atoms with Crippen molar-refractivity contribution >= 4 is 34.8 Å². The molecule has 2 aromatic carbocycles. The maximum Gasteiger partial charge on any atom is 0.251 e. The highest BCUT2D eigenvalue weighted by atomic mass is 32.1. The number of aromatic nitrogens is 2. The van der Waals surface area contributed by atoms with E-state index in [0.717, 1.165) is 68.0 Å². The standard InChI is InChI=1S/C25H32N6OS/c1-2-30-14-16-31(17-15-30)13-5-12-26-24(32)20-10-8-19(9-11-20)18-27-23-21-6-3-4-7-22(21)28-25(33)29-23/h3-4,6-11H,2,5,12-18H2,1H3,(H,26,32)(H2,27,28,29,33). The molecule has 1 amide bonds. The lowest BCUT2D eigenvalue weighted by molar-refractivity contribution is 0.0948. The zero-order valence-electron chi connectivity index (χ0n) is 19.1. The second kappa shape index (κ2) is 11.4. The van der Waals surface area contributed by atoms with Crippen LogP contribution in [0, 0.1) is 4.77 Å². The summed E-state index contributed by atoms with van der Waals surface area (Å²) >= 11 is 5.24. The number of rotatable bonds is 9. The Morgan fingerprint density at radius 3 is 2.55 bits per heavy atom. The lowest BCUT2D eigenvalue weighted by atomic mass is 10.1. The van der Waals surface area contributed by atoms with E-state index in [1.54, 1.807) is 0 Å². The molecule has 1 aliphatic heterocycles. The number of carbonyl (C=O) groups excluding carboxylic acids is 1. The Morgan fingerprint density at radius 2 is 1.79 bits per heavy atom. The molecule has 8 heteroatoms. The second-order valence-corrected chi connectivity index (χ2v) is 8.76. The number of likely N-dealkylation sites (N-methyl/N-ethyl adjacent to an activating group) is 1. The molecule has 0 bridgehead atoms. The van der Waals surface area contributed by atoms with E-state index in [4.69, 9.17) is 12.2 Å². The summed E-state index contributed by atoms with van der Waals surface area (Å²) in [6.45, 7) is 10.2. The van der Waals surface area contributed by atoms with Gasteiger partial charge < -0.3 is 25.4 Å². The number of hydrogen-bond donors (Lipinski definition) is 3. The van der Waals surface area contributed by atoms with Gasteiger partial charge in [-0.25, -0.2) is 4.98 Å². The molecule has 2 heterocycles. The van der Waals surface area contributed by atoms with Crippen molar-refractivity contribution < 1.29 is 4.79 Å². The second-order valence-electron chi connectivity index (χ2n) is 8.37. The van der Waals surface area contributed by atoms with Crippen LogP contribution in [0.4, 0.5) is 5.82 Å². The van der Waals surface area contributed by atoms with Gasteiger partial charge in [-0.05, 0) is 61.6 Å². The molecular formula is C25H32N6OS. The van der Waals surface area contributed by atoms with Gasteiger partial charge >= 0.3 is 0 Å². The number of carbonyl (C=O) groups is 1. The summed E-state index contributed by atoms with van der Waals surface area (Å²) in [6, 6.07) is 15.6. The molecule has 0 atom stereocenters. The van der Waals surface area contributed by atoms with Crippen LogP contribution in [-0.4, -0.2) is 71.5 Å².